The van der Waals surface area contributed by atoms with Crippen LogP contribution < -0.4 is 10.6 Å². The number of aromatic nitrogens is 7. The van der Waals surface area contributed by atoms with E-state index in [4.69, 9.17) is 22.1 Å². The summed E-state index contributed by atoms with van der Waals surface area (Å²) in [6.45, 7) is 5.54. The number of carbonyl (C=O) groups excluding carboxylic acids is 1. The van der Waals surface area contributed by atoms with Crippen LogP contribution in [0, 0.1) is 12.7 Å². The van der Waals surface area contributed by atoms with Crippen molar-refractivity contribution in [2.24, 2.45) is 0 Å². The number of hydrogen-bond donors (Lipinski definition) is 1. The van der Waals surface area contributed by atoms with E-state index in [1.165, 1.54) is 17.8 Å². The van der Waals surface area contributed by atoms with Gasteiger partial charge in [-0.25, -0.2) is 14.2 Å². The fraction of sp³-hybridized carbons (Fsp3) is 0.308. The van der Waals surface area contributed by atoms with E-state index in [0.29, 0.717) is 73.2 Å². The van der Waals surface area contributed by atoms with Crippen molar-refractivity contribution in [3.63, 3.8) is 0 Å². The van der Waals surface area contributed by atoms with Gasteiger partial charge in [-0.1, -0.05) is 17.7 Å². The highest BCUT2D eigenvalue weighted by molar-refractivity contribution is 6.39. The molecule has 0 bridgehead atoms. The van der Waals surface area contributed by atoms with Crippen molar-refractivity contribution in [3.05, 3.63) is 58.9 Å². The minimum absolute atomic E-state index is 0.0901. The standard InChI is InChI=1S/C26H26ClFN10O2/c1-15-13-18(16(28)14-31-15)36-10-7-35(8-11-36)9-12-37-21(25(39)40-2)20(27)19-23(37)33-26(29)38-24(19)32-22(34-38)17-5-3-4-6-30-17/h3-6,13-14H,7-12H2,1-2H3,(H2,29,33). The molecule has 40 heavy (non-hydrogen) atoms. The average Bonchev–Trinajstić information content (AvgIpc) is 3.53. The number of aryl methyl sites for hydroxylation is 1. The number of nitrogens with zero attached hydrogens (tertiary/aromatic N) is 9. The summed E-state index contributed by atoms with van der Waals surface area (Å²) in [5, 5.41) is 5.07. The second-order valence-corrected chi connectivity index (χ2v) is 9.84. The maximum atomic E-state index is 14.4. The van der Waals surface area contributed by atoms with Crippen LogP contribution in [-0.4, -0.2) is 84.8 Å². The maximum absolute atomic E-state index is 14.4. The Morgan fingerprint density at radius 2 is 1.93 bits per heavy atom. The van der Waals surface area contributed by atoms with Gasteiger partial charge in [0, 0.05) is 51.2 Å². The first-order chi connectivity index (χ1) is 19.4. The molecule has 0 amide bonds. The van der Waals surface area contributed by atoms with Crippen molar-refractivity contribution in [1.29, 1.82) is 0 Å². The molecule has 6 heterocycles. The van der Waals surface area contributed by atoms with Crippen molar-refractivity contribution in [2.75, 3.05) is 50.5 Å². The molecule has 12 nitrogen and oxygen atoms in total. The summed E-state index contributed by atoms with van der Waals surface area (Å²) >= 11 is 6.80. The Balaban J connectivity index is 1.31. The van der Waals surface area contributed by atoms with Gasteiger partial charge in [0.2, 0.25) is 11.8 Å². The number of halogens is 2. The third kappa shape index (κ3) is 4.46. The van der Waals surface area contributed by atoms with Crippen LogP contribution in [0.4, 0.5) is 16.0 Å². The molecule has 0 aliphatic carbocycles. The molecule has 2 N–H and O–H groups in total. The van der Waals surface area contributed by atoms with Crippen molar-refractivity contribution >= 4 is 45.9 Å². The van der Waals surface area contributed by atoms with E-state index < -0.39 is 5.97 Å². The first-order valence-electron chi connectivity index (χ1n) is 12.7. The molecule has 206 valence electrons. The predicted molar refractivity (Wildman–Crippen MR) is 148 cm³/mol. The minimum atomic E-state index is -0.600. The molecule has 1 aliphatic heterocycles. The average molecular weight is 565 g/mol. The smallest absolute Gasteiger partial charge is 0.356 e. The van der Waals surface area contributed by atoms with Gasteiger partial charge >= 0.3 is 5.97 Å². The summed E-state index contributed by atoms with van der Waals surface area (Å²) < 4.78 is 22.5. The number of carbonyl (C=O) groups is 1. The monoisotopic (exact) mass is 564 g/mol. The zero-order valence-corrected chi connectivity index (χ0v) is 22.6. The molecule has 1 aliphatic rings. The van der Waals surface area contributed by atoms with Gasteiger partial charge in [-0.15, -0.1) is 5.10 Å². The number of nitrogen functional groups attached to an aromatic ring is 1. The number of rotatable bonds is 6. The number of nitrogens with two attached hydrogens (primary N) is 1. The number of esters is 1. The Bertz CT molecular complexity index is 1730. The molecule has 0 saturated carbocycles. The number of anilines is 2. The van der Waals surface area contributed by atoms with Crippen LogP contribution in [0.1, 0.15) is 16.2 Å². The number of piperazine rings is 1. The number of fused-ring (bicyclic) bond motifs is 3. The van der Waals surface area contributed by atoms with Crippen LogP contribution in [0.3, 0.4) is 0 Å². The van der Waals surface area contributed by atoms with Gasteiger partial charge in [-0.3, -0.25) is 14.9 Å². The maximum Gasteiger partial charge on any atom is 0.356 e. The van der Waals surface area contributed by atoms with Crippen LogP contribution >= 0.6 is 11.6 Å². The molecule has 0 spiro atoms. The van der Waals surface area contributed by atoms with E-state index in [0.717, 1.165) is 5.69 Å². The fourth-order valence-electron chi connectivity index (χ4n) is 5.02. The van der Waals surface area contributed by atoms with E-state index in [-0.39, 0.29) is 22.5 Å². The number of hydrogen-bond acceptors (Lipinski definition) is 10. The van der Waals surface area contributed by atoms with Gasteiger partial charge in [-0.2, -0.15) is 9.50 Å². The zero-order valence-electron chi connectivity index (χ0n) is 21.9. The van der Waals surface area contributed by atoms with Gasteiger partial charge in [0.15, 0.2) is 11.5 Å². The van der Waals surface area contributed by atoms with Crippen LogP contribution in [-0.2, 0) is 11.3 Å². The summed E-state index contributed by atoms with van der Waals surface area (Å²) in [5.74, 6) is -0.488. The van der Waals surface area contributed by atoms with E-state index >= 15 is 0 Å². The summed E-state index contributed by atoms with van der Waals surface area (Å²) in [5.41, 5.74) is 9.11. The van der Waals surface area contributed by atoms with Crippen LogP contribution in [0.2, 0.25) is 5.02 Å². The molecule has 0 atom stereocenters. The first kappa shape index (κ1) is 25.9. The van der Waals surface area contributed by atoms with Crippen LogP contribution in [0.5, 0.6) is 0 Å². The molecule has 0 aromatic carbocycles. The van der Waals surface area contributed by atoms with Gasteiger partial charge in [0.25, 0.3) is 0 Å². The number of pyridine rings is 2. The van der Waals surface area contributed by atoms with Crippen molar-refractivity contribution < 1.29 is 13.9 Å². The lowest BCUT2D eigenvalue weighted by Crippen LogP contribution is -2.47. The molecule has 1 fully saturated rings. The third-order valence-electron chi connectivity index (χ3n) is 7.04. The lowest BCUT2D eigenvalue weighted by atomic mass is 10.2. The highest BCUT2D eigenvalue weighted by Gasteiger charge is 2.28. The topological polar surface area (TPSA) is 133 Å². The SMILES string of the molecule is COC(=O)c1c(Cl)c2c(nc(N)n3nc(-c4ccccn4)nc23)n1CCN1CCN(c2cc(C)ncc2F)CC1. The molecule has 1 saturated heterocycles. The summed E-state index contributed by atoms with van der Waals surface area (Å²) in [7, 11) is 1.30. The van der Waals surface area contributed by atoms with Gasteiger partial charge in [0.05, 0.1) is 29.4 Å². The molecule has 0 radical (unpaired) electrons. The van der Waals surface area contributed by atoms with Crippen molar-refractivity contribution in [3.8, 4) is 11.5 Å². The lowest BCUT2D eigenvalue weighted by molar-refractivity contribution is 0.0588. The quantitative estimate of drug-likeness (QED) is 0.307. The Kier molecular flexibility index (Phi) is 6.68. The van der Waals surface area contributed by atoms with Crippen LogP contribution in [0.15, 0.2) is 36.7 Å². The lowest BCUT2D eigenvalue weighted by Gasteiger charge is -2.36. The van der Waals surface area contributed by atoms with Gasteiger partial charge < -0.3 is 19.9 Å². The fourth-order valence-corrected chi connectivity index (χ4v) is 5.37. The molecule has 5 aromatic rings. The normalized spacial score (nSPS) is 14.3. The van der Waals surface area contributed by atoms with E-state index in [2.05, 4.69) is 29.9 Å². The second-order valence-electron chi connectivity index (χ2n) is 9.47. The summed E-state index contributed by atoms with van der Waals surface area (Å²) in [6, 6.07) is 7.18. The summed E-state index contributed by atoms with van der Waals surface area (Å²) in [6.07, 6.45) is 2.90. The van der Waals surface area contributed by atoms with E-state index in [1.807, 2.05) is 17.9 Å². The first-order valence-corrected chi connectivity index (χ1v) is 13.1. The van der Waals surface area contributed by atoms with Crippen molar-refractivity contribution in [1.82, 2.24) is 39.0 Å². The predicted octanol–water partition coefficient (Wildman–Crippen LogP) is 2.83. The Morgan fingerprint density at radius 1 is 1.12 bits per heavy atom. The van der Waals surface area contributed by atoms with E-state index in [9.17, 15) is 9.18 Å². The number of ether oxygens (including phenoxy) is 1. The molecule has 0 unspecified atom stereocenters. The highest BCUT2D eigenvalue weighted by Crippen LogP contribution is 2.34. The Morgan fingerprint density at radius 3 is 2.65 bits per heavy atom. The Labute approximate surface area is 233 Å². The third-order valence-corrected chi connectivity index (χ3v) is 7.41. The molecular formula is C26H26ClFN10O2. The molecule has 6 rings (SSSR count). The Hall–Kier alpha value is -4.36. The zero-order chi connectivity index (χ0) is 28.0. The number of methoxy groups -OCH3 is 1. The molecular weight excluding hydrogens is 539 g/mol. The minimum Gasteiger partial charge on any atom is -0.464 e. The van der Waals surface area contributed by atoms with Gasteiger partial charge in [-0.05, 0) is 25.1 Å². The van der Waals surface area contributed by atoms with E-state index in [1.54, 1.807) is 29.0 Å². The van der Waals surface area contributed by atoms with Crippen LogP contribution in [0.25, 0.3) is 28.2 Å². The highest BCUT2D eigenvalue weighted by atomic mass is 35.5. The van der Waals surface area contributed by atoms with Gasteiger partial charge in [0.1, 0.15) is 17.0 Å². The molecule has 5 aromatic heterocycles. The van der Waals surface area contributed by atoms with Crippen molar-refractivity contribution in [2.45, 2.75) is 13.5 Å². The second kappa shape index (κ2) is 10.3. The molecule has 14 heteroatoms. The summed E-state index contributed by atoms with van der Waals surface area (Å²) in [4.78, 5) is 34.7. The largest absolute Gasteiger partial charge is 0.464 e.